The molecule has 4 aliphatic rings. The molecule has 28 heavy (non-hydrogen) atoms. The number of aromatic nitrogens is 2. The lowest BCUT2D eigenvalue weighted by molar-refractivity contribution is 0.0123. The maximum absolute atomic E-state index is 12.9. The van der Waals surface area contributed by atoms with Crippen LogP contribution < -0.4 is 0 Å². The topological polar surface area (TPSA) is 69.0 Å². The maximum atomic E-state index is 12.9. The molecule has 2 unspecified atom stereocenters. The van der Waals surface area contributed by atoms with E-state index in [0.717, 1.165) is 45.6 Å². The van der Waals surface area contributed by atoms with Crippen molar-refractivity contribution >= 4 is 11.6 Å². The highest BCUT2D eigenvalue weighted by Crippen LogP contribution is 2.54. The molecule has 5 rings (SSSR count). The monoisotopic (exact) mass is 386 g/mol. The van der Waals surface area contributed by atoms with Crippen molar-refractivity contribution in [3.63, 3.8) is 0 Å². The molecule has 4 heterocycles. The first-order valence-corrected chi connectivity index (χ1v) is 10.6. The number of hydrogen-bond donors (Lipinski definition) is 0. The van der Waals surface area contributed by atoms with E-state index < -0.39 is 0 Å². The smallest absolute Gasteiger partial charge is 0.274 e. The molecule has 0 spiro atoms. The van der Waals surface area contributed by atoms with Gasteiger partial charge in [0.15, 0.2) is 0 Å². The third-order valence-electron chi connectivity index (χ3n) is 7.12. The molecule has 7 heteroatoms. The van der Waals surface area contributed by atoms with Crippen LogP contribution in [0.2, 0.25) is 0 Å². The van der Waals surface area contributed by atoms with E-state index in [4.69, 9.17) is 9.57 Å². The Balaban J connectivity index is 1.18. The van der Waals surface area contributed by atoms with Crippen molar-refractivity contribution in [1.29, 1.82) is 0 Å². The molecule has 2 saturated heterocycles. The van der Waals surface area contributed by atoms with Crippen LogP contribution in [0.1, 0.15) is 56.6 Å². The number of ether oxygens (including phenoxy) is 1. The van der Waals surface area contributed by atoms with Gasteiger partial charge < -0.3 is 19.0 Å². The molecule has 1 aliphatic carbocycles. The summed E-state index contributed by atoms with van der Waals surface area (Å²) in [5, 5.41) is 4.32. The summed E-state index contributed by atoms with van der Waals surface area (Å²) in [5.74, 6) is 2.25. The number of fused-ring (bicyclic) bond motifs is 1. The summed E-state index contributed by atoms with van der Waals surface area (Å²) < 4.78 is 7.57. The van der Waals surface area contributed by atoms with Gasteiger partial charge in [-0.05, 0) is 51.4 Å². The lowest BCUT2D eigenvalue weighted by Gasteiger charge is -2.28. The van der Waals surface area contributed by atoms with Gasteiger partial charge in [-0.3, -0.25) is 4.79 Å². The van der Waals surface area contributed by atoms with Gasteiger partial charge in [0.25, 0.3) is 5.91 Å². The minimum Gasteiger partial charge on any atom is -0.389 e. The Morgan fingerprint density at radius 1 is 1.25 bits per heavy atom. The van der Waals surface area contributed by atoms with Crippen LogP contribution in [0.15, 0.2) is 17.7 Å². The van der Waals surface area contributed by atoms with Crippen LogP contribution in [-0.4, -0.2) is 58.0 Å². The number of nitrogens with zero attached hydrogens (tertiary/aromatic N) is 4. The Morgan fingerprint density at radius 3 is 2.61 bits per heavy atom. The first-order chi connectivity index (χ1) is 13.4. The van der Waals surface area contributed by atoms with Gasteiger partial charge in [0, 0.05) is 50.9 Å². The fourth-order valence-electron chi connectivity index (χ4n) is 5.32. The summed E-state index contributed by atoms with van der Waals surface area (Å²) >= 11 is 0. The van der Waals surface area contributed by atoms with Crippen LogP contribution in [0.4, 0.5) is 0 Å². The Kier molecular flexibility index (Phi) is 4.27. The second-order valence-corrected chi connectivity index (χ2v) is 9.57. The Bertz CT molecular complexity index is 783. The summed E-state index contributed by atoms with van der Waals surface area (Å²) in [6, 6.07) is 0.345. The van der Waals surface area contributed by atoms with Crippen molar-refractivity contribution < 1.29 is 14.4 Å². The third-order valence-corrected chi connectivity index (χ3v) is 7.12. The lowest BCUT2D eigenvalue weighted by atomic mass is 9.93. The van der Waals surface area contributed by atoms with Gasteiger partial charge in [-0.15, -0.1) is 0 Å². The highest BCUT2D eigenvalue weighted by molar-refractivity contribution is 5.94. The van der Waals surface area contributed by atoms with Crippen molar-refractivity contribution in [3.8, 4) is 0 Å². The number of rotatable bonds is 4. The summed E-state index contributed by atoms with van der Waals surface area (Å²) in [4.78, 5) is 24.9. The van der Waals surface area contributed by atoms with Gasteiger partial charge in [0.2, 0.25) is 0 Å². The third kappa shape index (κ3) is 3.13. The number of imidazole rings is 1. The van der Waals surface area contributed by atoms with Crippen LogP contribution in [0.3, 0.4) is 0 Å². The molecular formula is C21H30N4O3. The molecular weight excluding hydrogens is 356 g/mol. The maximum Gasteiger partial charge on any atom is 0.274 e. The molecule has 3 aliphatic heterocycles. The Morgan fingerprint density at radius 2 is 1.96 bits per heavy atom. The number of piperidine rings is 1. The zero-order chi connectivity index (χ0) is 19.5. The second kappa shape index (κ2) is 6.58. The number of hydrogen-bond acceptors (Lipinski definition) is 5. The highest BCUT2D eigenvalue weighted by Gasteiger charge is 2.60. The molecule has 3 atom stereocenters. The first kappa shape index (κ1) is 18.2. The fourth-order valence-corrected chi connectivity index (χ4v) is 5.32. The van der Waals surface area contributed by atoms with E-state index >= 15 is 0 Å². The average Bonchev–Trinajstić information content (AvgIpc) is 3.14. The minimum atomic E-state index is -0.171. The normalized spacial score (nSPS) is 32.6. The SMILES string of the molecule is C[C@@H](C1CCOCC1)n1cnc(C(=O)N2CC3C(C2)C3C2=NOC(C)(C)C2)c1. The lowest BCUT2D eigenvalue weighted by Crippen LogP contribution is -2.33. The zero-order valence-electron chi connectivity index (χ0n) is 17.0. The molecule has 1 saturated carbocycles. The van der Waals surface area contributed by atoms with Gasteiger partial charge in [-0.2, -0.15) is 0 Å². The van der Waals surface area contributed by atoms with Crippen molar-refractivity contribution in [3.05, 3.63) is 18.2 Å². The minimum absolute atomic E-state index is 0.0637. The zero-order valence-corrected chi connectivity index (χ0v) is 17.0. The van der Waals surface area contributed by atoms with Crippen LogP contribution in [0, 0.1) is 23.7 Å². The molecule has 1 aromatic rings. The quantitative estimate of drug-likeness (QED) is 0.798. The summed E-state index contributed by atoms with van der Waals surface area (Å²) in [5.41, 5.74) is 1.59. The second-order valence-electron chi connectivity index (χ2n) is 9.57. The first-order valence-electron chi connectivity index (χ1n) is 10.6. The van der Waals surface area contributed by atoms with Gasteiger partial charge in [-0.1, -0.05) is 5.16 Å². The van der Waals surface area contributed by atoms with E-state index in [9.17, 15) is 4.79 Å². The predicted octanol–water partition coefficient (Wildman–Crippen LogP) is 2.74. The fraction of sp³-hybridized carbons (Fsp3) is 0.762. The molecule has 7 nitrogen and oxygen atoms in total. The number of likely N-dealkylation sites (tertiary alicyclic amines) is 1. The Labute approximate surface area is 166 Å². The number of amides is 1. The summed E-state index contributed by atoms with van der Waals surface area (Å²) in [7, 11) is 0. The van der Waals surface area contributed by atoms with Crippen molar-refractivity contribution in [1.82, 2.24) is 14.5 Å². The van der Waals surface area contributed by atoms with Gasteiger partial charge in [0.1, 0.15) is 11.3 Å². The van der Waals surface area contributed by atoms with Crippen molar-refractivity contribution in [2.24, 2.45) is 28.8 Å². The van der Waals surface area contributed by atoms with E-state index in [1.807, 2.05) is 17.4 Å². The van der Waals surface area contributed by atoms with E-state index in [0.29, 0.717) is 35.4 Å². The van der Waals surface area contributed by atoms with Crippen LogP contribution >= 0.6 is 0 Å². The largest absolute Gasteiger partial charge is 0.389 e. The van der Waals surface area contributed by atoms with E-state index in [-0.39, 0.29) is 11.5 Å². The number of carbonyl (C=O) groups excluding carboxylic acids is 1. The van der Waals surface area contributed by atoms with Crippen LogP contribution in [0.5, 0.6) is 0 Å². The standard InChI is InChI=1S/C21H30N4O3/c1-13(14-4-6-27-7-5-14)25-11-18(22-12-25)20(26)24-9-15-16(10-24)19(15)17-8-21(2,3)28-23-17/h11-16,19H,4-10H2,1-3H3/t13-,15?,16?,19?/m0/s1. The molecule has 0 radical (unpaired) electrons. The van der Waals surface area contributed by atoms with Gasteiger partial charge in [-0.25, -0.2) is 4.98 Å². The average molecular weight is 386 g/mol. The molecule has 3 fully saturated rings. The van der Waals surface area contributed by atoms with Crippen LogP contribution in [-0.2, 0) is 9.57 Å². The number of carbonyl (C=O) groups is 1. The summed E-state index contributed by atoms with van der Waals surface area (Å²) in [6.45, 7) is 9.67. The van der Waals surface area contributed by atoms with Crippen molar-refractivity contribution in [2.75, 3.05) is 26.3 Å². The highest BCUT2D eigenvalue weighted by atomic mass is 16.7. The molecule has 1 aromatic heterocycles. The van der Waals surface area contributed by atoms with Crippen molar-refractivity contribution in [2.45, 2.75) is 51.7 Å². The van der Waals surface area contributed by atoms with E-state index in [1.165, 1.54) is 5.71 Å². The molecule has 0 aromatic carbocycles. The van der Waals surface area contributed by atoms with Gasteiger partial charge >= 0.3 is 0 Å². The molecule has 152 valence electrons. The van der Waals surface area contributed by atoms with Crippen LogP contribution in [0.25, 0.3) is 0 Å². The van der Waals surface area contributed by atoms with E-state index in [1.54, 1.807) is 0 Å². The molecule has 1 amide bonds. The predicted molar refractivity (Wildman–Crippen MR) is 104 cm³/mol. The summed E-state index contributed by atoms with van der Waals surface area (Å²) in [6.07, 6.45) is 6.81. The molecule has 0 bridgehead atoms. The Hall–Kier alpha value is -1.89. The number of oxime groups is 1. The van der Waals surface area contributed by atoms with E-state index in [2.05, 4.69) is 35.5 Å². The van der Waals surface area contributed by atoms with Gasteiger partial charge in [0.05, 0.1) is 12.0 Å². The molecule has 0 N–H and O–H groups in total.